The molecule has 1 heterocycles. The first-order valence-corrected chi connectivity index (χ1v) is 14.6. The van der Waals surface area contributed by atoms with Gasteiger partial charge < -0.3 is 10.4 Å². The maximum atomic E-state index is 14.1. The number of nitrogens with zero attached hydrogens (tertiary/aromatic N) is 1. The van der Waals surface area contributed by atoms with E-state index in [-0.39, 0.29) is 40.6 Å². The highest BCUT2D eigenvalue weighted by Crippen LogP contribution is 2.56. The number of carbonyl (C=O) groups excluding carboxylic acids is 4. The minimum Gasteiger partial charge on any atom is -0.508 e. The maximum Gasteiger partial charge on any atom is 0.238 e. The number of aromatic hydroxyl groups is 1. The lowest BCUT2D eigenvalue weighted by atomic mass is 9.59. The van der Waals surface area contributed by atoms with Crippen LogP contribution >= 0.6 is 11.6 Å². The van der Waals surface area contributed by atoms with Crippen LogP contribution in [-0.2, 0) is 19.2 Å². The van der Waals surface area contributed by atoms with E-state index in [0.717, 1.165) is 16.9 Å². The topological polar surface area (TPSA) is 104 Å². The molecule has 7 nitrogen and oxygen atoms in total. The first kappa shape index (κ1) is 27.1. The Labute approximate surface area is 253 Å². The molecule has 3 aromatic rings. The average Bonchev–Trinajstić information content (AvgIpc) is 3.25. The third-order valence-corrected chi connectivity index (χ3v) is 9.38. The van der Waals surface area contributed by atoms with Crippen LogP contribution in [-0.4, -0.2) is 28.5 Å². The summed E-state index contributed by atoms with van der Waals surface area (Å²) >= 11 is 6.62. The van der Waals surface area contributed by atoms with Crippen LogP contribution in [0.2, 0.25) is 5.02 Å². The second-order valence-corrected chi connectivity index (χ2v) is 11.9. The second-order valence-electron chi connectivity index (χ2n) is 11.5. The van der Waals surface area contributed by atoms with Crippen molar-refractivity contribution in [2.24, 2.45) is 17.8 Å². The fraction of sp³-hybridized carbons (Fsp3) is 0.200. The third-order valence-electron chi connectivity index (χ3n) is 9.05. The van der Waals surface area contributed by atoms with Gasteiger partial charge in [-0.3, -0.25) is 24.1 Å². The summed E-state index contributed by atoms with van der Waals surface area (Å²) in [7, 11) is 0. The first-order chi connectivity index (χ1) is 20.7. The van der Waals surface area contributed by atoms with Crippen LogP contribution in [0, 0.1) is 17.8 Å². The number of amides is 2. The van der Waals surface area contributed by atoms with Crippen LogP contribution in [0.25, 0.3) is 0 Å². The SMILES string of the molecule is CC1=CC(=O)C2=C(C1=O)[C@@H](c1ccc(O)cc1Cl)C1=CC[C@@H]3C(=O)N(c4ccc(Nc5ccccc5)cc4)C(=O)[C@@H]3[C@@H]1C2. The molecule has 3 aromatic carbocycles. The fourth-order valence-electron chi connectivity index (χ4n) is 7.10. The number of hydrogen-bond donors (Lipinski definition) is 2. The van der Waals surface area contributed by atoms with Gasteiger partial charge in [0.25, 0.3) is 0 Å². The normalized spacial score (nSPS) is 24.7. The van der Waals surface area contributed by atoms with Crippen molar-refractivity contribution in [1.29, 1.82) is 0 Å². The largest absolute Gasteiger partial charge is 0.508 e. The van der Waals surface area contributed by atoms with E-state index in [4.69, 9.17) is 11.6 Å². The van der Waals surface area contributed by atoms with Gasteiger partial charge in [0.2, 0.25) is 11.8 Å². The zero-order valence-electron chi connectivity index (χ0n) is 23.2. The minimum atomic E-state index is -0.683. The van der Waals surface area contributed by atoms with Gasteiger partial charge in [-0.2, -0.15) is 0 Å². The number of allylic oxidation sites excluding steroid dienone is 6. The van der Waals surface area contributed by atoms with Gasteiger partial charge in [-0.15, -0.1) is 0 Å². The van der Waals surface area contributed by atoms with Crippen molar-refractivity contribution in [2.75, 3.05) is 10.2 Å². The van der Waals surface area contributed by atoms with Crippen molar-refractivity contribution < 1.29 is 24.3 Å². The van der Waals surface area contributed by atoms with Gasteiger partial charge >= 0.3 is 0 Å². The summed E-state index contributed by atoms with van der Waals surface area (Å²) < 4.78 is 0. The van der Waals surface area contributed by atoms with Crippen molar-refractivity contribution in [1.82, 2.24) is 0 Å². The lowest BCUT2D eigenvalue weighted by Gasteiger charge is -2.42. The van der Waals surface area contributed by atoms with Gasteiger partial charge in [-0.1, -0.05) is 47.5 Å². The van der Waals surface area contributed by atoms with E-state index in [1.807, 2.05) is 48.5 Å². The van der Waals surface area contributed by atoms with Gasteiger partial charge in [0, 0.05) is 39.0 Å². The van der Waals surface area contributed by atoms with Gasteiger partial charge in [0.1, 0.15) is 5.75 Å². The number of anilines is 3. The summed E-state index contributed by atoms with van der Waals surface area (Å²) in [6.45, 7) is 1.62. The third kappa shape index (κ3) is 4.34. The predicted octanol–water partition coefficient (Wildman–Crippen LogP) is 6.42. The molecule has 1 saturated heterocycles. The number of para-hydroxylation sites is 1. The number of rotatable bonds is 4. The maximum absolute atomic E-state index is 14.1. The van der Waals surface area contributed by atoms with Gasteiger partial charge in [0.15, 0.2) is 11.6 Å². The Morgan fingerprint density at radius 3 is 2.33 bits per heavy atom. The Morgan fingerprint density at radius 1 is 0.884 bits per heavy atom. The molecular weight excluding hydrogens is 564 g/mol. The lowest BCUT2D eigenvalue weighted by molar-refractivity contribution is -0.123. The number of benzene rings is 3. The smallest absolute Gasteiger partial charge is 0.238 e. The number of fused-ring (bicyclic) bond motifs is 3. The van der Waals surface area contributed by atoms with E-state index < -0.39 is 23.7 Å². The Hall–Kier alpha value is -4.75. The molecule has 4 aliphatic rings. The lowest BCUT2D eigenvalue weighted by Crippen LogP contribution is -2.39. The first-order valence-electron chi connectivity index (χ1n) is 14.2. The van der Waals surface area contributed by atoms with Crippen LogP contribution in [0.5, 0.6) is 5.75 Å². The van der Waals surface area contributed by atoms with E-state index in [1.165, 1.54) is 23.1 Å². The zero-order chi connectivity index (χ0) is 30.0. The van der Waals surface area contributed by atoms with Crippen molar-refractivity contribution in [3.63, 3.8) is 0 Å². The van der Waals surface area contributed by atoms with Crippen LogP contribution < -0.4 is 10.2 Å². The molecule has 1 fully saturated rings. The molecule has 0 saturated carbocycles. The number of halogens is 1. The summed E-state index contributed by atoms with van der Waals surface area (Å²) in [5.41, 5.74) is 4.70. The van der Waals surface area contributed by atoms with Crippen molar-refractivity contribution in [3.8, 4) is 5.75 Å². The highest BCUT2D eigenvalue weighted by atomic mass is 35.5. The van der Waals surface area contributed by atoms with Crippen LogP contribution in [0.4, 0.5) is 17.1 Å². The van der Waals surface area contributed by atoms with Gasteiger partial charge in [-0.05, 0) is 85.9 Å². The van der Waals surface area contributed by atoms with E-state index >= 15 is 0 Å². The van der Waals surface area contributed by atoms with Crippen LogP contribution in [0.15, 0.2) is 107 Å². The number of nitrogens with one attached hydrogen (secondary N) is 1. The highest BCUT2D eigenvalue weighted by Gasteiger charge is 2.56. The van der Waals surface area contributed by atoms with Gasteiger partial charge in [0.05, 0.1) is 17.5 Å². The molecule has 7 rings (SSSR count). The predicted molar refractivity (Wildman–Crippen MR) is 163 cm³/mol. The van der Waals surface area contributed by atoms with Crippen molar-refractivity contribution in [3.05, 3.63) is 118 Å². The number of imide groups is 1. The average molecular weight is 591 g/mol. The quantitative estimate of drug-likeness (QED) is 0.206. The van der Waals surface area contributed by atoms with Crippen molar-refractivity contribution in [2.45, 2.75) is 25.7 Å². The zero-order valence-corrected chi connectivity index (χ0v) is 24.0. The summed E-state index contributed by atoms with van der Waals surface area (Å²) in [5, 5.41) is 13.6. The number of Topliss-reactive ketones (excluding diaryl/α,β-unsaturated/α-hetero) is 1. The summed E-state index contributed by atoms with van der Waals surface area (Å²) in [6, 6.07) is 21.4. The molecular formula is C35H27ClN2O5. The number of phenols is 1. The number of ketones is 2. The van der Waals surface area contributed by atoms with Crippen LogP contribution in [0.1, 0.15) is 31.2 Å². The number of carbonyl (C=O) groups is 4. The molecule has 214 valence electrons. The standard InChI is InChI=1S/C35H27ClN2O5/c1-18-15-29(40)27-17-26-23(30(32(27)33(18)41)24-12-11-22(39)16-28(24)36)13-14-25-31(26)35(43)38(34(25)42)21-9-7-20(8-10-21)37-19-5-3-2-4-6-19/h2-13,15-16,25-26,30-31,37,39H,14,17H2,1H3/t25-,26+,30+,31-/m0/s1. The Bertz CT molecular complexity index is 1820. The molecule has 8 heteroatoms. The molecule has 0 bridgehead atoms. The van der Waals surface area contributed by atoms with E-state index in [1.54, 1.807) is 25.1 Å². The highest BCUT2D eigenvalue weighted by molar-refractivity contribution is 6.32. The van der Waals surface area contributed by atoms with E-state index in [0.29, 0.717) is 34.4 Å². The number of phenolic OH excluding ortho intramolecular Hbond substituents is 1. The molecule has 4 atom stereocenters. The van der Waals surface area contributed by atoms with Crippen LogP contribution in [0.3, 0.4) is 0 Å². The Kier molecular flexibility index (Phi) is 6.43. The molecule has 0 aromatic heterocycles. The molecule has 0 radical (unpaired) electrons. The van der Waals surface area contributed by atoms with Crippen molar-refractivity contribution >= 4 is 52.0 Å². The minimum absolute atomic E-state index is 0.0210. The monoisotopic (exact) mass is 590 g/mol. The molecule has 2 amide bonds. The Balaban J connectivity index is 1.26. The van der Waals surface area contributed by atoms with Gasteiger partial charge in [-0.25, -0.2) is 0 Å². The number of hydrogen-bond acceptors (Lipinski definition) is 6. The molecule has 43 heavy (non-hydrogen) atoms. The van der Waals surface area contributed by atoms with E-state index in [9.17, 15) is 24.3 Å². The molecule has 1 aliphatic heterocycles. The molecule has 2 N–H and O–H groups in total. The summed E-state index contributed by atoms with van der Waals surface area (Å²) in [6.07, 6.45) is 3.83. The molecule has 0 unspecified atom stereocenters. The molecule has 0 spiro atoms. The Morgan fingerprint density at radius 2 is 1.60 bits per heavy atom. The molecule has 3 aliphatic carbocycles. The summed E-state index contributed by atoms with van der Waals surface area (Å²) in [5.74, 6) is -3.48. The fourth-order valence-corrected chi connectivity index (χ4v) is 7.39. The van der Waals surface area contributed by atoms with E-state index in [2.05, 4.69) is 5.32 Å². The summed E-state index contributed by atoms with van der Waals surface area (Å²) in [4.78, 5) is 56.0. The second kappa shape index (κ2) is 10.2.